The van der Waals surface area contributed by atoms with Gasteiger partial charge in [0.2, 0.25) is 17.7 Å². The van der Waals surface area contributed by atoms with Gasteiger partial charge < -0.3 is 25.6 Å². The van der Waals surface area contributed by atoms with E-state index in [2.05, 4.69) is 16.0 Å². The quantitative estimate of drug-likeness (QED) is 0.392. The Morgan fingerprint density at radius 3 is 2.12 bits per heavy atom. The van der Waals surface area contributed by atoms with E-state index in [0.29, 0.717) is 32.4 Å². The zero-order valence-electron chi connectivity index (χ0n) is 25.1. The molecule has 3 N–H and O–H groups in total. The lowest BCUT2D eigenvalue weighted by Gasteiger charge is -2.35. The lowest BCUT2D eigenvalue weighted by molar-refractivity contribution is -0.138. The number of carbonyl (C=O) groups excluding carboxylic acids is 4. The Kier molecular flexibility index (Phi) is 11.5. The number of benzene rings is 2. The minimum Gasteiger partial charge on any atom is -0.444 e. The number of hydrogen-bond acceptors (Lipinski definition) is 5. The molecular formula is C32H43FN4O5. The second-order valence-electron chi connectivity index (χ2n) is 12.1. The molecule has 9 nitrogen and oxygen atoms in total. The van der Waals surface area contributed by atoms with Crippen molar-refractivity contribution in [2.45, 2.75) is 78.1 Å². The summed E-state index contributed by atoms with van der Waals surface area (Å²) in [6, 6.07) is 13.7. The van der Waals surface area contributed by atoms with E-state index < -0.39 is 23.8 Å². The minimum absolute atomic E-state index is 0.154. The molecule has 0 spiro atoms. The number of halogens is 1. The number of nitrogens with zero attached hydrogens (tertiary/aromatic N) is 1. The van der Waals surface area contributed by atoms with Gasteiger partial charge in [-0.3, -0.25) is 14.4 Å². The minimum atomic E-state index is -0.802. The number of ether oxygens (including phenoxy) is 1. The van der Waals surface area contributed by atoms with Crippen molar-refractivity contribution in [1.82, 2.24) is 20.9 Å². The second-order valence-corrected chi connectivity index (χ2v) is 12.1. The molecule has 2 aromatic rings. The van der Waals surface area contributed by atoms with Gasteiger partial charge in [-0.15, -0.1) is 0 Å². The summed E-state index contributed by atoms with van der Waals surface area (Å²) in [5.74, 6) is -1.67. The first-order chi connectivity index (χ1) is 19.8. The molecule has 0 saturated carbocycles. The van der Waals surface area contributed by atoms with Crippen LogP contribution in [0.1, 0.15) is 58.6 Å². The van der Waals surface area contributed by atoms with Crippen LogP contribution in [0, 0.1) is 17.7 Å². The average Bonchev–Trinajstić information content (AvgIpc) is 2.94. The van der Waals surface area contributed by atoms with Crippen molar-refractivity contribution < 1.29 is 28.3 Å². The fourth-order valence-electron chi connectivity index (χ4n) is 4.77. The summed E-state index contributed by atoms with van der Waals surface area (Å²) < 4.78 is 18.6. The van der Waals surface area contributed by atoms with Gasteiger partial charge in [-0.1, -0.05) is 56.3 Å². The predicted octanol–water partition coefficient (Wildman–Crippen LogP) is 3.96. The molecule has 1 fully saturated rings. The van der Waals surface area contributed by atoms with Crippen LogP contribution in [0.4, 0.5) is 9.18 Å². The number of carbonyl (C=O) groups is 4. The van der Waals surface area contributed by atoms with Crippen LogP contribution < -0.4 is 16.0 Å². The van der Waals surface area contributed by atoms with Gasteiger partial charge in [0.1, 0.15) is 23.5 Å². The van der Waals surface area contributed by atoms with Crippen LogP contribution in [-0.2, 0) is 32.1 Å². The Balaban J connectivity index is 1.59. The third-order valence-electron chi connectivity index (χ3n) is 7.08. The molecule has 0 aliphatic carbocycles. The monoisotopic (exact) mass is 582 g/mol. The third kappa shape index (κ3) is 10.2. The van der Waals surface area contributed by atoms with Crippen LogP contribution in [0.2, 0.25) is 0 Å². The molecule has 10 heteroatoms. The van der Waals surface area contributed by atoms with Crippen molar-refractivity contribution in [1.29, 1.82) is 0 Å². The third-order valence-corrected chi connectivity index (χ3v) is 7.08. The Morgan fingerprint density at radius 2 is 1.55 bits per heavy atom. The summed E-state index contributed by atoms with van der Waals surface area (Å²) in [6.07, 6.45) is 0.533. The van der Waals surface area contributed by atoms with Gasteiger partial charge >= 0.3 is 6.09 Å². The maximum atomic E-state index is 13.3. The highest BCUT2D eigenvalue weighted by molar-refractivity contribution is 5.89. The molecule has 1 aliphatic rings. The standard InChI is InChI=1S/C32H43FN4O5/c1-21(2)27(36-31(41)42-32(3,4)5)30(40)37-17-15-24(16-18-37)28(38)35-26(19-22-9-7-6-8-10-22)29(39)34-20-23-11-13-25(33)14-12-23/h6-14,21,24,26-27H,15-20H2,1-5H3,(H,34,39)(H,35,38)(H,36,41). The van der Waals surface area contributed by atoms with Gasteiger partial charge in [0.05, 0.1) is 0 Å². The van der Waals surface area contributed by atoms with E-state index in [1.807, 2.05) is 44.2 Å². The van der Waals surface area contributed by atoms with Gasteiger partial charge in [0, 0.05) is 32.0 Å². The first-order valence-electron chi connectivity index (χ1n) is 14.5. The summed E-state index contributed by atoms with van der Waals surface area (Å²) in [6.45, 7) is 9.90. The topological polar surface area (TPSA) is 117 Å². The summed E-state index contributed by atoms with van der Waals surface area (Å²) in [5.41, 5.74) is 0.959. The Morgan fingerprint density at radius 1 is 0.929 bits per heavy atom. The molecular weight excluding hydrogens is 539 g/mol. The molecule has 4 amide bonds. The molecule has 228 valence electrons. The van der Waals surface area contributed by atoms with Crippen LogP contribution in [-0.4, -0.2) is 59.5 Å². The number of piperidine rings is 1. The van der Waals surface area contributed by atoms with E-state index in [9.17, 15) is 23.6 Å². The van der Waals surface area contributed by atoms with Crippen LogP contribution in [0.5, 0.6) is 0 Å². The highest BCUT2D eigenvalue weighted by atomic mass is 19.1. The van der Waals surface area contributed by atoms with Gasteiger partial charge in [0.15, 0.2) is 0 Å². The number of rotatable bonds is 10. The average molecular weight is 583 g/mol. The van der Waals surface area contributed by atoms with Crippen molar-refractivity contribution in [3.8, 4) is 0 Å². The predicted molar refractivity (Wildman–Crippen MR) is 158 cm³/mol. The van der Waals surface area contributed by atoms with Crippen molar-refractivity contribution in [2.75, 3.05) is 13.1 Å². The summed E-state index contributed by atoms with van der Waals surface area (Å²) in [5, 5.41) is 8.47. The molecule has 2 unspecified atom stereocenters. The maximum absolute atomic E-state index is 13.3. The summed E-state index contributed by atoms with van der Waals surface area (Å²) >= 11 is 0. The molecule has 0 radical (unpaired) electrons. The van der Waals surface area contributed by atoms with Crippen LogP contribution >= 0.6 is 0 Å². The lowest BCUT2D eigenvalue weighted by Crippen LogP contribution is -2.55. The zero-order chi connectivity index (χ0) is 30.9. The number of amides is 4. The zero-order valence-corrected chi connectivity index (χ0v) is 25.1. The number of hydrogen-bond donors (Lipinski definition) is 3. The SMILES string of the molecule is CC(C)C(NC(=O)OC(C)(C)C)C(=O)N1CCC(C(=O)NC(Cc2ccccc2)C(=O)NCc2ccc(F)cc2)CC1. The van der Waals surface area contributed by atoms with Gasteiger partial charge in [-0.2, -0.15) is 0 Å². The van der Waals surface area contributed by atoms with Crippen LogP contribution in [0.25, 0.3) is 0 Å². The second kappa shape index (κ2) is 14.8. The fourth-order valence-corrected chi connectivity index (χ4v) is 4.77. The smallest absolute Gasteiger partial charge is 0.408 e. The van der Waals surface area contributed by atoms with Crippen molar-refractivity contribution in [3.63, 3.8) is 0 Å². The molecule has 42 heavy (non-hydrogen) atoms. The molecule has 0 bridgehead atoms. The van der Waals surface area contributed by atoms with E-state index in [1.54, 1.807) is 37.8 Å². The highest BCUT2D eigenvalue weighted by Crippen LogP contribution is 2.20. The highest BCUT2D eigenvalue weighted by Gasteiger charge is 2.35. The Bertz CT molecular complexity index is 1210. The maximum Gasteiger partial charge on any atom is 0.408 e. The van der Waals surface area contributed by atoms with Crippen molar-refractivity contribution in [3.05, 3.63) is 71.5 Å². The normalized spacial score (nSPS) is 15.5. The molecule has 3 rings (SSSR count). The lowest BCUT2D eigenvalue weighted by atomic mass is 9.93. The van der Waals surface area contributed by atoms with Crippen LogP contribution in [0.3, 0.4) is 0 Å². The summed E-state index contributed by atoms with van der Waals surface area (Å²) in [4.78, 5) is 53.7. The van der Waals surface area contributed by atoms with Crippen LogP contribution in [0.15, 0.2) is 54.6 Å². The van der Waals surface area contributed by atoms with Crippen molar-refractivity contribution >= 4 is 23.8 Å². The number of nitrogens with one attached hydrogen (secondary N) is 3. The fraction of sp³-hybridized carbons (Fsp3) is 0.500. The molecule has 1 aliphatic heterocycles. The molecule has 0 aromatic heterocycles. The molecule has 1 heterocycles. The van der Waals surface area contributed by atoms with Gasteiger partial charge in [-0.25, -0.2) is 9.18 Å². The van der Waals surface area contributed by atoms with E-state index in [-0.39, 0.29) is 41.9 Å². The number of alkyl carbamates (subject to hydrolysis) is 1. The van der Waals surface area contributed by atoms with E-state index in [4.69, 9.17) is 4.74 Å². The van der Waals surface area contributed by atoms with Crippen molar-refractivity contribution in [2.24, 2.45) is 11.8 Å². The van der Waals surface area contributed by atoms with Gasteiger partial charge in [-0.05, 0) is 62.8 Å². The van der Waals surface area contributed by atoms with Gasteiger partial charge in [0.25, 0.3) is 0 Å². The number of likely N-dealkylation sites (tertiary alicyclic amines) is 1. The Hall–Kier alpha value is -3.95. The van der Waals surface area contributed by atoms with E-state index >= 15 is 0 Å². The Labute approximate surface area is 247 Å². The largest absolute Gasteiger partial charge is 0.444 e. The molecule has 2 aromatic carbocycles. The first-order valence-corrected chi connectivity index (χ1v) is 14.5. The summed E-state index contributed by atoms with van der Waals surface area (Å²) in [7, 11) is 0. The van der Waals surface area contributed by atoms with E-state index in [1.165, 1.54) is 12.1 Å². The first kappa shape index (κ1) is 32.6. The van der Waals surface area contributed by atoms with E-state index in [0.717, 1.165) is 11.1 Å². The molecule has 2 atom stereocenters. The molecule has 1 saturated heterocycles.